The summed E-state index contributed by atoms with van der Waals surface area (Å²) in [5, 5.41) is 11.2. The lowest BCUT2D eigenvalue weighted by molar-refractivity contribution is 0.481. The number of nitrogens with zero attached hydrogens (tertiary/aromatic N) is 4. The fraction of sp³-hybridized carbons (Fsp3) is 0.182. The molecule has 0 fully saturated rings. The van der Waals surface area contributed by atoms with Crippen LogP contribution in [-0.4, -0.2) is 47.0 Å². The summed E-state index contributed by atoms with van der Waals surface area (Å²) in [6, 6.07) is 2.60. The number of aromatic nitrogens is 3. The van der Waals surface area contributed by atoms with Crippen LogP contribution in [0.2, 0.25) is 0 Å². The third-order valence-corrected chi connectivity index (χ3v) is 4.77. The molecule has 0 radical (unpaired) electrons. The minimum atomic E-state index is -4.77. The highest BCUT2D eigenvalue weighted by Crippen LogP contribution is 2.19. The molecule has 14 heteroatoms. The van der Waals surface area contributed by atoms with Crippen LogP contribution in [0.1, 0.15) is 18.3 Å². The van der Waals surface area contributed by atoms with Crippen LogP contribution >= 0.6 is 0 Å². The fourth-order valence-corrected chi connectivity index (χ4v) is 3.08. The number of anilines is 1. The molecule has 1 aromatic heterocycles. The van der Waals surface area contributed by atoms with Crippen LogP contribution in [0.15, 0.2) is 33.1 Å². The van der Waals surface area contributed by atoms with Crippen LogP contribution in [0.3, 0.4) is 0 Å². The van der Waals surface area contributed by atoms with Gasteiger partial charge in [0.2, 0.25) is 0 Å². The molecule has 1 heterocycles. The van der Waals surface area contributed by atoms with E-state index in [9.17, 15) is 21.4 Å². The maximum atomic E-state index is 11.4. The molecule has 25 heavy (non-hydrogen) atoms. The highest BCUT2D eigenvalue weighted by atomic mass is 32.2. The lowest BCUT2D eigenvalue weighted by Crippen LogP contribution is -2.15. The second-order valence-electron chi connectivity index (χ2n) is 4.68. The first kappa shape index (κ1) is 18.8. The molecule has 1 aromatic carbocycles. The average Bonchev–Trinajstić information content (AvgIpc) is 2.86. The lowest BCUT2D eigenvalue weighted by Gasteiger charge is -2.05. The lowest BCUT2D eigenvalue weighted by atomic mass is 10.2. The predicted molar refractivity (Wildman–Crippen MR) is 86.8 cm³/mol. The standard InChI is InChI=1S/C11H14N6O6S2/c1-2-10-14-16-11(17(10)12)15-13-6-7-3-4-8(24(18,19)20)5-9(7)25(21,22)23/h3-6H,2,12H2,1H3,(H,15,16)(H,18,19,20)(H,21,22,23)/b13-6+. The number of nitrogens with two attached hydrogens (primary N) is 1. The molecule has 5 N–H and O–H groups in total. The van der Waals surface area contributed by atoms with E-state index >= 15 is 0 Å². The Bertz CT molecular complexity index is 1030. The van der Waals surface area contributed by atoms with Gasteiger partial charge in [-0.3, -0.25) is 9.11 Å². The number of nitrogens with one attached hydrogen (secondary N) is 1. The van der Waals surface area contributed by atoms with Crippen molar-refractivity contribution in [1.82, 2.24) is 14.9 Å². The van der Waals surface area contributed by atoms with Crippen LogP contribution in [0.4, 0.5) is 5.95 Å². The third kappa shape index (κ3) is 4.30. The first-order valence-electron chi connectivity index (χ1n) is 6.61. The van der Waals surface area contributed by atoms with Crippen molar-refractivity contribution in [2.24, 2.45) is 5.10 Å². The molecule has 0 unspecified atom stereocenters. The van der Waals surface area contributed by atoms with Gasteiger partial charge in [-0.25, -0.2) is 10.1 Å². The van der Waals surface area contributed by atoms with Crippen molar-refractivity contribution in [3.05, 3.63) is 29.6 Å². The van der Waals surface area contributed by atoms with Gasteiger partial charge in [-0.1, -0.05) is 13.0 Å². The molecule has 0 amide bonds. The maximum absolute atomic E-state index is 11.4. The second kappa shape index (κ2) is 6.75. The van der Waals surface area contributed by atoms with Crippen molar-refractivity contribution in [2.45, 2.75) is 23.1 Å². The molecule has 0 atom stereocenters. The highest BCUT2D eigenvalue weighted by molar-refractivity contribution is 7.86. The van der Waals surface area contributed by atoms with Crippen LogP contribution in [0.5, 0.6) is 0 Å². The monoisotopic (exact) mass is 390 g/mol. The van der Waals surface area contributed by atoms with E-state index in [2.05, 4.69) is 20.7 Å². The minimum Gasteiger partial charge on any atom is -0.335 e. The number of benzene rings is 1. The van der Waals surface area contributed by atoms with E-state index < -0.39 is 30.0 Å². The summed E-state index contributed by atoms with van der Waals surface area (Å²) in [7, 11) is -9.42. The summed E-state index contributed by atoms with van der Waals surface area (Å²) in [5.41, 5.74) is 2.29. The second-order valence-corrected chi connectivity index (χ2v) is 7.49. The molecule has 0 saturated heterocycles. The Balaban J connectivity index is 2.37. The predicted octanol–water partition coefficient (Wildman–Crippen LogP) is -0.506. The Hall–Kier alpha value is -2.55. The SMILES string of the molecule is CCc1nnc(N/N=C/c2ccc(S(=O)(=O)O)cc2S(=O)(=O)O)n1N. The van der Waals surface area contributed by atoms with Gasteiger partial charge in [0.05, 0.1) is 11.1 Å². The Labute approximate surface area is 142 Å². The van der Waals surface area contributed by atoms with E-state index in [1.807, 2.05) is 6.92 Å². The van der Waals surface area contributed by atoms with E-state index in [0.717, 1.165) is 23.0 Å². The first-order chi connectivity index (χ1) is 11.5. The van der Waals surface area contributed by atoms with Crippen molar-refractivity contribution in [1.29, 1.82) is 0 Å². The Kier molecular flexibility index (Phi) is 5.07. The first-order valence-corrected chi connectivity index (χ1v) is 9.49. The van der Waals surface area contributed by atoms with Crippen molar-refractivity contribution in [3.8, 4) is 0 Å². The fourth-order valence-electron chi connectivity index (χ4n) is 1.81. The molecule has 0 saturated carbocycles. The molecule has 12 nitrogen and oxygen atoms in total. The van der Waals surface area contributed by atoms with Gasteiger partial charge in [0.25, 0.3) is 26.2 Å². The average molecular weight is 390 g/mol. The summed E-state index contributed by atoms with van der Waals surface area (Å²) < 4.78 is 64.3. The van der Waals surface area contributed by atoms with Crippen molar-refractivity contribution >= 4 is 32.4 Å². The zero-order valence-corrected chi connectivity index (χ0v) is 14.4. The van der Waals surface area contributed by atoms with Gasteiger partial charge in [0.15, 0.2) is 5.82 Å². The van der Waals surface area contributed by atoms with Gasteiger partial charge in [-0.05, 0) is 12.1 Å². The van der Waals surface area contributed by atoms with Crippen LogP contribution in [-0.2, 0) is 26.7 Å². The van der Waals surface area contributed by atoms with E-state index in [4.69, 9.17) is 10.4 Å². The number of hydrazone groups is 1. The van der Waals surface area contributed by atoms with Gasteiger partial charge >= 0.3 is 0 Å². The van der Waals surface area contributed by atoms with Crippen molar-refractivity contribution < 1.29 is 25.9 Å². The van der Waals surface area contributed by atoms with Gasteiger partial charge in [-0.15, -0.1) is 10.2 Å². The highest BCUT2D eigenvalue weighted by Gasteiger charge is 2.19. The smallest absolute Gasteiger partial charge is 0.295 e. The van der Waals surface area contributed by atoms with E-state index in [0.29, 0.717) is 18.3 Å². The summed E-state index contributed by atoms with van der Waals surface area (Å²) in [6.07, 6.45) is 1.52. The minimum absolute atomic E-state index is 0.0797. The largest absolute Gasteiger partial charge is 0.335 e. The molecule has 2 rings (SSSR count). The quantitative estimate of drug-likeness (QED) is 0.216. The van der Waals surface area contributed by atoms with E-state index in [-0.39, 0.29) is 11.5 Å². The summed E-state index contributed by atoms with van der Waals surface area (Å²) in [5.74, 6) is 6.25. The molecular weight excluding hydrogens is 376 g/mol. The van der Waals surface area contributed by atoms with E-state index in [1.165, 1.54) is 0 Å². The summed E-state index contributed by atoms with van der Waals surface area (Å²) in [6.45, 7) is 1.82. The van der Waals surface area contributed by atoms with Crippen LogP contribution in [0.25, 0.3) is 0 Å². The molecule has 0 aliphatic rings. The molecule has 0 aliphatic carbocycles. The molecule has 0 bridgehead atoms. The Morgan fingerprint density at radius 2 is 1.92 bits per heavy atom. The molecule has 0 spiro atoms. The van der Waals surface area contributed by atoms with Crippen molar-refractivity contribution in [3.63, 3.8) is 0 Å². The number of hydrogen-bond donors (Lipinski definition) is 4. The summed E-state index contributed by atoms with van der Waals surface area (Å²) >= 11 is 0. The van der Waals surface area contributed by atoms with Gasteiger partial charge in [0.1, 0.15) is 4.90 Å². The molecule has 2 aromatic rings. The van der Waals surface area contributed by atoms with Gasteiger partial charge in [0, 0.05) is 12.0 Å². The number of nitrogen functional groups attached to an aromatic ring is 1. The van der Waals surface area contributed by atoms with Gasteiger partial charge < -0.3 is 5.84 Å². The molecular formula is C11H14N6O6S2. The zero-order valence-electron chi connectivity index (χ0n) is 12.7. The summed E-state index contributed by atoms with van der Waals surface area (Å²) in [4.78, 5) is -1.45. The van der Waals surface area contributed by atoms with E-state index in [1.54, 1.807) is 0 Å². The number of aryl methyl sites for hydroxylation is 1. The Morgan fingerprint density at radius 1 is 1.24 bits per heavy atom. The normalized spacial score (nSPS) is 12.6. The third-order valence-electron chi connectivity index (χ3n) is 3.01. The Morgan fingerprint density at radius 3 is 2.44 bits per heavy atom. The molecule has 136 valence electrons. The topological polar surface area (TPSA) is 190 Å². The zero-order chi connectivity index (χ0) is 18.8. The maximum Gasteiger partial charge on any atom is 0.295 e. The van der Waals surface area contributed by atoms with Crippen molar-refractivity contribution in [2.75, 3.05) is 11.3 Å². The van der Waals surface area contributed by atoms with Gasteiger partial charge in [-0.2, -0.15) is 21.9 Å². The molecule has 0 aliphatic heterocycles. The van der Waals surface area contributed by atoms with Crippen LogP contribution in [0, 0.1) is 0 Å². The number of hydrogen-bond acceptors (Lipinski definition) is 9. The number of rotatable bonds is 6. The van der Waals surface area contributed by atoms with Crippen LogP contribution < -0.4 is 11.3 Å².